The average Bonchev–Trinajstić information content (AvgIpc) is 2.23. The van der Waals surface area contributed by atoms with Crippen LogP contribution in [-0.2, 0) is 14.3 Å². The molecule has 0 saturated heterocycles. The quantitative estimate of drug-likeness (QED) is 0.815. The fraction of sp³-hybridized carbons (Fsp3) is 0.923. The molecule has 1 amide bonds. The van der Waals surface area contributed by atoms with Gasteiger partial charge in [-0.15, -0.1) is 0 Å². The molecule has 0 aromatic carbocycles. The van der Waals surface area contributed by atoms with Crippen LogP contribution in [0.25, 0.3) is 0 Å². The Morgan fingerprint density at radius 1 is 1.40 bits per heavy atom. The number of halogens is 3. The first-order valence-corrected chi connectivity index (χ1v) is 6.93. The van der Waals surface area contributed by atoms with Crippen molar-refractivity contribution in [2.24, 2.45) is 5.41 Å². The lowest BCUT2D eigenvalue weighted by atomic mass is 9.51. The van der Waals surface area contributed by atoms with Crippen LogP contribution in [-0.4, -0.2) is 44.0 Å². The van der Waals surface area contributed by atoms with Gasteiger partial charge in [-0.2, -0.15) is 13.2 Å². The van der Waals surface area contributed by atoms with E-state index in [9.17, 15) is 18.0 Å². The van der Waals surface area contributed by atoms with Gasteiger partial charge in [-0.1, -0.05) is 6.42 Å². The van der Waals surface area contributed by atoms with E-state index in [1.54, 1.807) is 0 Å². The van der Waals surface area contributed by atoms with Crippen LogP contribution >= 0.6 is 0 Å². The number of nitrogens with one attached hydrogen (secondary N) is 1. The van der Waals surface area contributed by atoms with Crippen LogP contribution in [0.1, 0.15) is 32.6 Å². The minimum absolute atomic E-state index is 0.00906. The SMILES string of the molecule is CCOC1CC(NC(=O)COCC(F)(F)F)C12CCC2. The Morgan fingerprint density at radius 3 is 2.60 bits per heavy atom. The van der Waals surface area contributed by atoms with Gasteiger partial charge in [-0.05, 0) is 26.2 Å². The Kier molecular flexibility index (Phi) is 4.59. The molecule has 2 fully saturated rings. The van der Waals surface area contributed by atoms with Gasteiger partial charge in [-0.25, -0.2) is 0 Å². The summed E-state index contributed by atoms with van der Waals surface area (Å²) < 4.78 is 45.7. The third-order valence-electron chi connectivity index (χ3n) is 4.27. The minimum Gasteiger partial charge on any atom is -0.378 e. The van der Waals surface area contributed by atoms with Crippen LogP contribution in [0.4, 0.5) is 13.2 Å². The zero-order chi connectivity index (χ0) is 14.8. The van der Waals surface area contributed by atoms with Crippen molar-refractivity contribution < 1.29 is 27.4 Å². The summed E-state index contributed by atoms with van der Waals surface area (Å²) in [6, 6.07) is 0.00906. The number of carbonyl (C=O) groups excluding carboxylic acids is 1. The third kappa shape index (κ3) is 3.25. The number of ether oxygens (including phenoxy) is 2. The maximum absolute atomic E-state index is 11.9. The van der Waals surface area contributed by atoms with Gasteiger partial charge >= 0.3 is 6.18 Å². The van der Waals surface area contributed by atoms with Gasteiger partial charge in [0.1, 0.15) is 13.2 Å². The van der Waals surface area contributed by atoms with E-state index in [4.69, 9.17) is 4.74 Å². The molecule has 2 atom stereocenters. The highest BCUT2D eigenvalue weighted by Gasteiger charge is 2.59. The molecule has 4 nitrogen and oxygen atoms in total. The standard InChI is InChI=1S/C13H20F3NO3/c1-2-20-10-6-9(12(10)4-3-5-12)17-11(18)7-19-8-13(14,15)16/h9-10H,2-8H2,1H3,(H,17,18). The van der Waals surface area contributed by atoms with E-state index in [0.717, 1.165) is 25.7 Å². The number of carbonyl (C=O) groups is 1. The summed E-state index contributed by atoms with van der Waals surface area (Å²) in [5.41, 5.74) is 0.00962. The van der Waals surface area contributed by atoms with Crippen molar-refractivity contribution in [1.29, 1.82) is 0 Å². The lowest BCUT2D eigenvalue weighted by molar-refractivity contribution is -0.183. The molecule has 2 aliphatic carbocycles. The van der Waals surface area contributed by atoms with E-state index < -0.39 is 25.3 Å². The zero-order valence-electron chi connectivity index (χ0n) is 11.5. The molecular weight excluding hydrogens is 275 g/mol. The molecule has 0 radical (unpaired) electrons. The third-order valence-corrected chi connectivity index (χ3v) is 4.27. The highest BCUT2D eigenvalue weighted by Crippen LogP contribution is 2.57. The van der Waals surface area contributed by atoms with Crippen LogP contribution in [0.5, 0.6) is 0 Å². The Bertz CT molecular complexity index is 355. The van der Waals surface area contributed by atoms with E-state index in [-0.39, 0.29) is 17.6 Å². The number of hydrogen-bond donors (Lipinski definition) is 1. The Morgan fingerprint density at radius 2 is 2.10 bits per heavy atom. The fourth-order valence-corrected chi connectivity index (χ4v) is 3.14. The Labute approximate surface area is 116 Å². The van der Waals surface area contributed by atoms with Crippen LogP contribution in [0, 0.1) is 5.41 Å². The predicted octanol–water partition coefficient (Wildman–Crippen LogP) is 2.03. The smallest absolute Gasteiger partial charge is 0.378 e. The number of rotatable bonds is 6. The Hall–Kier alpha value is -0.820. The van der Waals surface area contributed by atoms with Gasteiger partial charge in [0.15, 0.2) is 0 Å². The van der Waals surface area contributed by atoms with Crippen molar-refractivity contribution in [3.8, 4) is 0 Å². The number of hydrogen-bond acceptors (Lipinski definition) is 3. The lowest BCUT2D eigenvalue weighted by Crippen LogP contribution is -2.67. The summed E-state index contributed by atoms with van der Waals surface area (Å²) in [5.74, 6) is -0.486. The van der Waals surface area contributed by atoms with Crippen molar-refractivity contribution in [3.63, 3.8) is 0 Å². The molecule has 20 heavy (non-hydrogen) atoms. The molecule has 0 aromatic heterocycles. The lowest BCUT2D eigenvalue weighted by Gasteiger charge is -2.61. The number of amides is 1. The van der Waals surface area contributed by atoms with Crippen LogP contribution < -0.4 is 5.32 Å². The molecule has 2 saturated carbocycles. The second-order valence-corrected chi connectivity index (χ2v) is 5.49. The molecule has 0 heterocycles. The molecule has 2 unspecified atom stereocenters. The first kappa shape index (κ1) is 15.6. The van der Waals surface area contributed by atoms with Crippen molar-refractivity contribution in [3.05, 3.63) is 0 Å². The predicted molar refractivity (Wildman–Crippen MR) is 65.1 cm³/mol. The van der Waals surface area contributed by atoms with Crippen molar-refractivity contribution in [2.75, 3.05) is 19.8 Å². The average molecular weight is 295 g/mol. The first-order chi connectivity index (χ1) is 9.37. The van der Waals surface area contributed by atoms with Gasteiger partial charge in [0.25, 0.3) is 0 Å². The van der Waals surface area contributed by atoms with Crippen LogP contribution in [0.3, 0.4) is 0 Å². The summed E-state index contributed by atoms with van der Waals surface area (Å²) in [5, 5.41) is 2.77. The molecule has 0 aliphatic heterocycles. The molecule has 7 heteroatoms. The Balaban J connectivity index is 1.73. The monoisotopic (exact) mass is 295 g/mol. The normalized spacial score (nSPS) is 27.8. The molecule has 0 bridgehead atoms. The summed E-state index contributed by atoms with van der Waals surface area (Å²) in [4.78, 5) is 11.6. The van der Waals surface area contributed by atoms with Crippen molar-refractivity contribution in [1.82, 2.24) is 5.32 Å². The van der Waals surface area contributed by atoms with Crippen LogP contribution in [0.2, 0.25) is 0 Å². The summed E-state index contributed by atoms with van der Waals surface area (Å²) in [6.07, 6.45) is -0.369. The van der Waals surface area contributed by atoms with Gasteiger partial charge in [0, 0.05) is 18.1 Å². The second kappa shape index (κ2) is 5.89. The molecule has 116 valence electrons. The largest absolute Gasteiger partial charge is 0.411 e. The molecular formula is C13H20F3NO3. The maximum Gasteiger partial charge on any atom is 0.411 e. The van der Waals surface area contributed by atoms with E-state index >= 15 is 0 Å². The van der Waals surface area contributed by atoms with E-state index in [1.807, 2.05) is 6.92 Å². The van der Waals surface area contributed by atoms with Crippen molar-refractivity contribution in [2.45, 2.75) is 50.9 Å². The maximum atomic E-state index is 11.9. The summed E-state index contributed by atoms with van der Waals surface area (Å²) in [6.45, 7) is 0.633. The summed E-state index contributed by atoms with van der Waals surface area (Å²) >= 11 is 0. The second-order valence-electron chi connectivity index (χ2n) is 5.49. The number of alkyl halides is 3. The van der Waals surface area contributed by atoms with Gasteiger partial charge in [0.05, 0.1) is 6.10 Å². The molecule has 1 spiro atoms. The molecule has 2 rings (SSSR count). The van der Waals surface area contributed by atoms with Gasteiger partial charge in [-0.3, -0.25) is 4.79 Å². The highest BCUT2D eigenvalue weighted by molar-refractivity contribution is 5.77. The van der Waals surface area contributed by atoms with E-state index in [2.05, 4.69) is 10.1 Å². The topological polar surface area (TPSA) is 47.6 Å². The fourth-order valence-electron chi connectivity index (χ4n) is 3.14. The first-order valence-electron chi connectivity index (χ1n) is 6.93. The van der Waals surface area contributed by atoms with Gasteiger partial charge in [0.2, 0.25) is 5.91 Å². The molecule has 2 aliphatic rings. The molecule has 1 N–H and O–H groups in total. The summed E-state index contributed by atoms with van der Waals surface area (Å²) in [7, 11) is 0. The van der Waals surface area contributed by atoms with Gasteiger partial charge < -0.3 is 14.8 Å². The van der Waals surface area contributed by atoms with Crippen molar-refractivity contribution >= 4 is 5.91 Å². The molecule has 0 aromatic rings. The highest BCUT2D eigenvalue weighted by atomic mass is 19.4. The van der Waals surface area contributed by atoms with Crippen LogP contribution in [0.15, 0.2) is 0 Å². The van der Waals surface area contributed by atoms with E-state index in [1.165, 1.54) is 0 Å². The van der Waals surface area contributed by atoms with E-state index in [0.29, 0.717) is 6.61 Å². The zero-order valence-corrected chi connectivity index (χ0v) is 11.5. The minimum atomic E-state index is -4.40.